The largest absolute Gasteiger partial charge is 0.343 e. The lowest BCUT2D eigenvalue weighted by Crippen LogP contribution is -2.34. The minimum absolute atomic E-state index is 0.189. The summed E-state index contributed by atoms with van der Waals surface area (Å²) in [4.78, 5) is 19.6. The first-order chi connectivity index (χ1) is 14.4. The van der Waals surface area contributed by atoms with Gasteiger partial charge in [0.05, 0.1) is 15.9 Å². The highest BCUT2D eigenvalue weighted by Gasteiger charge is 2.23. The molecule has 7 nitrogen and oxygen atoms in total. The van der Waals surface area contributed by atoms with Crippen LogP contribution in [-0.4, -0.2) is 59.3 Å². The van der Waals surface area contributed by atoms with Crippen LogP contribution in [-0.2, 0) is 28.3 Å². The number of amides is 1. The third-order valence-electron chi connectivity index (χ3n) is 6.06. The quantitative estimate of drug-likeness (QED) is 0.670. The van der Waals surface area contributed by atoms with Crippen molar-refractivity contribution in [1.29, 1.82) is 0 Å². The summed E-state index contributed by atoms with van der Waals surface area (Å²) in [6, 6.07) is 5.10. The zero-order valence-electron chi connectivity index (χ0n) is 18.4. The predicted octanol–water partition coefficient (Wildman–Crippen LogP) is 3.33. The van der Waals surface area contributed by atoms with E-state index in [0.717, 1.165) is 37.3 Å². The topological polar surface area (TPSA) is 75.5 Å². The number of fused-ring (bicyclic) bond motifs is 1. The fourth-order valence-electron chi connectivity index (χ4n) is 4.20. The van der Waals surface area contributed by atoms with E-state index in [1.165, 1.54) is 23.6 Å². The van der Waals surface area contributed by atoms with E-state index in [0.29, 0.717) is 31.4 Å². The van der Waals surface area contributed by atoms with Gasteiger partial charge >= 0.3 is 0 Å². The number of aromatic nitrogens is 2. The average molecular weight is 435 g/mol. The molecule has 0 N–H and O–H groups in total. The van der Waals surface area contributed by atoms with E-state index in [2.05, 4.69) is 4.98 Å². The summed E-state index contributed by atoms with van der Waals surface area (Å²) in [6.45, 7) is 6.25. The van der Waals surface area contributed by atoms with Gasteiger partial charge in [0.2, 0.25) is 15.9 Å². The maximum Gasteiger partial charge on any atom is 0.243 e. The Hall–Kier alpha value is -1.93. The molecule has 0 atom stereocenters. The average Bonchev–Trinajstić information content (AvgIpc) is 3.02. The molecular formula is C22H34N4O3S. The number of hydrogen-bond donors (Lipinski definition) is 0. The third-order valence-corrected chi connectivity index (χ3v) is 8.11. The molecule has 30 heavy (non-hydrogen) atoms. The van der Waals surface area contributed by atoms with E-state index in [9.17, 15) is 13.2 Å². The Bertz CT molecular complexity index is 972. The molecule has 1 aromatic heterocycles. The Morgan fingerprint density at radius 2 is 1.70 bits per heavy atom. The molecule has 2 aromatic rings. The Kier molecular flexibility index (Phi) is 7.52. The zero-order valence-corrected chi connectivity index (χ0v) is 19.2. The maximum absolute atomic E-state index is 12.8. The molecule has 1 fully saturated rings. The smallest absolute Gasteiger partial charge is 0.243 e. The lowest BCUT2D eigenvalue weighted by atomic mass is 10.1. The highest BCUT2D eigenvalue weighted by Crippen LogP contribution is 2.23. The molecule has 0 unspecified atom stereocenters. The predicted molar refractivity (Wildman–Crippen MR) is 119 cm³/mol. The van der Waals surface area contributed by atoms with Crippen LogP contribution in [0.4, 0.5) is 0 Å². The maximum atomic E-state index is 12.8. The summed E-state index contributed by atoms with van der Waals surface area (Å²) in [6.07, 6.45) is 6.83. The molecule has 0 aliphatic carbocycles. The fourth-order valence-corrected chi connectivity index (χ4v) is 5.68. The highest BCUT2D eigenvalue weighted by molar-refractivity contribution is 7.89. The first-order valence-corrected chi connectivity index (χ1v) is 12.6. The number of benzene rings is 1. The normalized spacial score (nSPS) is 16.1. The standard InChI is InChI=1S/C22H34N4O3S/c1-4-26(5-2)30(28,29)18-11-12-20-19(17-18)23-21(24(20)3)13-14-22(27)25-15-9-7-6-8-10-16-25/h11-12,17H,4-10,13-16H2,1-3H3. The molecular weight excluding hydrogens is 400 g/mol. The molecule has 1 aliphatic heterocycles. The van der Waals surface area contributed by atoms with Gasteiger partial charge in [-0.15, -0.1) is 0 Å². The molecule has 1 aromatic carbocycles. The highest BCUT2D eigenvalue weighted by atomic mass is 32.2. The summed E-state index contributed by atoms with van der Waals surface area (Å²) in [5, 5.41) is 0. The van der Waals surface area contributed by atoms with E-state index in [1.54, 1.807) is 12.1 Å². The second-order valence-corrected chi connectivity index (χ2v) is 9.91. The van der Waals surface area contributed by atoms with Crippen molar-refractivity contribution in [3.8, 4) is 0 Å². The van der Waals surface area contributed by atoms with Crippen LogP contribution in [0.25, 0.3) is 11.0 Å². The molecule has 0 radical (unpaired) electrons. The van der Waals surface area contributed by atoms with Crippen molar-refractivity contribution in [2.45, 2.75) is 63.7 Å². The molecule has 0 saturated carbocycles. The first-order valence-electron chi connectivity index (χ1n) is 11.1. The van der Waals surface area contributed by atoms with Gasteiger partial charge in [0.15, 0.2) is 0 Å². The van der Waals surface area contributed by atoms with Gasteiger partial charge in [0.25, 0.3) is 0 Å². The van der Waals surface area contributed by atoms with Gasteiger partial charge in [0.1, 0.15) is 5.82 Å². The van der Waals surface area contributed by atoms with Crippen molar-refractivity contribution in [2.75, 3.05) is 26.2 Å². The van der Waals surface area contributed by atoms with Crippen molar-refractivity contribution >= 4 is 27.0 Å². The molecule has 8 heteroatoms. The van der Waals surface area contributed by atoms with Crippen LogP contribution in [0, 0.1) is 0 Å². The summed E-state index contributed by atoms with van der Waals surface area (Å²) in [5.74, 6) is 0.997. The molecule has 1 aliphatic rings. The van der Waals surface area contributed by atoms with E-state index >= 15 is 0 Å². The van der Waals surface area contributed by atoms with Crippen LogP contribution in [0.15, 0.2) is 23.1 Å². The van der Waals surface area contributed by atoms with Crippen molar-refractivity contribution in [3.05, 3.63) is 24.0 Å². The lowest BCUT2D eigenvalue weighted by molar-refractivity contribution is -0.131. The number of hydrogen-bond acceptors (Lipinski definition) is 4. The number of sulfonamides is 1. The van der Waals surface area contributed by atoms with Crippen molar-refractivity contribution in [2.24, 2.45) is 7.05 Å². The molecule has 0 bridgehead atoms. The molecule has 166 valence electrons. The van der Waals surface area contributed by atoms with Gasteiger partial charge in [-0.05, 0) is 31.0 Å². The van der Waals surface area contributed by atoms with E-state index in [4.69, 9.17) is 0 Å². The minimum Gasteiger partial charge on any atom is -0.343 e. The fraction of sp³-hybridized carbons (Fsp3) is 0.636. The second kappa shape index (κ2) is 9.92. The van der Waals surface area contributed by atoms with Crippen molar-refractivity contribution < 1.29 is 13.2 Å². The monoisotopic (exact) mass is 434 g/mol. The third kappa shape index (κ3) is 4.86. The van der Waals surface area contributed by atoms with Crippen LogP contribution in [0.1, 0.15) is 58.2 Å². The number of likely N-dealkylation sites (tertiary alicyclic amines) is 1. The Morgan fingerprint density at radius 1 is 1.07 bits per heavy atom. The van der Waals surface area contributed by atoms with Gasteiger partial charge in [-0.2, -0.15) is 4.31 Å². The van der Waals surface area contributed by atoms with Gasteiger partial charge in [-0.1, -0.05) is 33.1 Å². The Labute approximate surface area is 180 Å². The number of carbonyl (C=O) groups excluding carboxylic acids is 1. The summed E-state index contributed by atoms with van der Waals surface area (Å²) in [7, 11) is -1.60. The van der Waals surface area contributed by atoms with Crippen LogP contribution >= 0.6 is 0 Å². The SMILES string of the molecule is CCN(CC)S(=O)(=O)c1ccc2c(c1)nc(CCC(=O)N1CCCCCCC1)n2C. The second-order valence-electron chi connectivity index (χ2n) is 7.98. The number of carbonyl (C=O) groups is 1. The minimum atomic E-state index is -3.52. The Balaban J connectivity index is 1.75. The van der Waals surface area contributed by atoms with Crippen molar-refractivity contribution in [1.82, 2.24) is 18.8 Å². The molecule has 2 heterocycles. The zero-order chi connectivity index (χ0) is 21.7. The first kappa shape index (κ1) is 22.7. The van der Waals surface area contributed by atoms with Crippen molar-refractivity contribution in [3.63, 3.8) is 0 Å². The van der Waals surface area contributed by atoms with Crippen LogP contribution in [0.2, 0.25) is 0 Å². The van der Waals surface area contributed by atoms with Crippen LogP contribution in [0.5, 0.6) is 0 Å². The van der Waals surface area contributed by atoms with E-state index in [-0.39, 0.29) is 10.8 Å². The van der Waals surface area contributed by atoms with E-state index < -0.39 is 10.0 Å². The van der Waals surface area contributed by atoms with Crippen LogP contribution in [0.3, 0.4) is 0 Å². The lowest BCUT2D eigenvalue weighted by Gasteiger charge is -2.24. The van der Waals surface area contributed by atoms with Gasteiger partial charge in [-0.3, -0.25) is 4.79 Å². The summed E-state index contributed by atoms with van der Waals surface area (Å²) >= 11 is 0. The van der Waals surface area contributed by atoms with Crippen LogP contribution < -0.4 is 0 Å². The molecule has 0 spiro atoms. The molecule has 3 rings (SSSR count). The Morgan fingerprint density at radius 3 is 2.33 bits per heavy atom. The van der Waals surface area contributed by atoms with Gasteiger partial charge in [0, 0.05) is 46.1 Å². The molecule has 1 saturated heterocycles. The van der Waals surface area contributed by atoms with Gasteiger partial charge in [-0.25, -0.2) is 13.4 Å². The summed E-state index contributed by atoms with van der Waals surface area (Å²) in [5.41, 5.74) is 1.53. The molecule has 1 amide bonds. The number of rotatable bonds is 7. The van der Waals surface area contributed by atoms with E-state index in [1.807, 2.05) is 36.4 Å². The summed E-state index contributed by atoms with van der Waals surface area (Å²) < 4.78 is 29.0. The number of imidazole rings is 1. The number of nitrogens with zero attached hydrogens (tertiary/aromatic N) is 4. The number of aryl methyl sites for hydroxylation is 2. The van der Waals surface area contributed by atoms with Gasteiger partial charge < -0.3 is 9.47 Å².